The molecule has 53 heavy (non-hydrogen) atoms. The Morgan fingerprint density at radius 1 is 0.717 bits per heavy atom. The summed E-state index contributed by atoms with van der Waals surface area (Å²) in [5.74, 6) is 0.243. The first kappa shape index (κ1) is 37.0. The average molecular weight is 748 g/mol. The number of hydrogen-bond donors (Lipinski definition) is 1. The Kier molecular flexibility index (Phi) is 10.9. The number of carbonyl (C=O) groups excluding carboxylic acids is 1. The van der Waals surface area contributed by atoms with Crippen LogP contribution < -0.4 is 15.1 Å². The van der Waals surface area contributed by atoms with Gasteiger partial charge in [0.2, 0.25) is 0 Å². The molecule has 3 aliphatic rings. The lowest BCUT2D eigenvalue weighted by Crippen LogP contribution is -2.44. The van der Waals surface area contributed by atoms with Crippen LogP contribution in [0.5, 0.6) is 0 Å². The van der Waals surface area contributed by atoms with Crippen molar-refractivity contribution in [3.05, 3.63) is 125 Å². The fourth-order valence-electron chi connectivity index (χ4n) is 8.87. The number of nitrogens with zero attached hydrogens (tertiary/aromatic N) is 3. The quantitative estimate of drug-likeness (QED) is 0.178. The number of halogens is 2. The van der Waals surface area contributed by atoms with Gasteiger partial charge in [0.15, 0.2) is 0 Å². The van der Waals surface area contributed by atoms with Crippen molar-refractivity contribution >= 4 is 80.1 Å². The van der Waals surface area contributed by atoms with E-state index in [4.69, 9.17) is 4.74 Å². The maximum Gasteiger partial charge on any atom is 0.255 e. The second kappa shape index (κ2) is 15.6. The SMILES string of the molecule is Cc1cc2cc(N3CCN(C)CC3)ccc2c2ccc3c(c12)CCC(c1ccc2ccccc2c1NC(=O)c1ccc(N2CCOCC2)cc1)C3.Cl.Cl. The van der Waals surface area contributed by atoms with Gasteiger partial charge in [0.1, 0.15) is 0 Å². The van der Waals surface area contributed by atoms with E-state index in [0.717, 1.165) is 93.9 Å². The predicted octanol–water partition coefficient (Wildman–Crippen LogP) is 9.41. The number of hydrogen-bond acceptors (Lipinski definition) is 5. The molecule has 2 fully saturated rings. The zero-order valence-electron chi connectivity index (χ0n) is 30.6. The van der Waals surface area contributed by atoms with Crippen LogP contribution in [0.3, 0.4) is 0 Å². The molecule has 274 valence electrons. The third kappa shape index (κ3) is 7.06. The molecular weight excluding hydrogens is 699 g/mol. The Morgan fingerprint density at radius 2 is 1.43 bits per heavy atom. The third-order valence-corrected chi connectivity index (χ3v) is 11.7. The van der Waals surface area contributed by atoms with Gasteiger partial charge in [-0.05, 0) is 125 Å². The number of anilines is 3. The monoisotopic (exact) mass is 746 g/mol. The summed E-state index contributed by atoms with van der Waals surface area (Å²) in [7, 11) is 2.21. The molecule has 8 heteroatoms. The summed E-state index contributed by atoms with van der Waals surface area (Å²) in [6, 6.07) is 35.2. The molecule has 1 aliphatic carbocycles. The van der Waals surface area contributed by atoms with Crippen molar-refractivity contribution in [2.45, 2.75) is 32.1 Å². The van der Waals surface area contributed by atoms with Crippen LogP contribution in [0.4, 0.5) is 17.1 Å². The van der Waals surface area contributed by atoms with Gasteiger partial charge < -0.3 is 24.8 Å². The number of benzene rings is 6. The lowest BCUT2D eigenvalue weighted by molar-refractivity contribution is 0.102. The van der Waals surface area contributed by atoms with Crippen molar-refractivity contribution in [1.82, 2.24) is 4.90 Å². The van der Waals surface area contributed by atoms with Crippen LogP contribution in [0.2, 0.25) is 0 Å². The number of likely N-dealkylation sites (N-methyl/N-ethyl adjacent to an activating group) is 1. The molecule has 1 N–H and O–H groups in total. The molecule has 6 nitrogen and oxygen atoms in total. The topological polar surface area (TPSA) is 48.0 Å². The molecule has 0 bridgehead atoms. The first-order valence-corrected chi connectivity index (χ1v) is 18.7. The molecule has 0 radical (unpaired) electrons. The second-order valence-corrected chi connectivity index (χ2v) is 14.8. The highest BCUT2D eigenvalue weighted by molar-refractivity contribution is 6.12. The van der Waals surface area contributed by atoms with E-state index >= 15 is 0 Å². The molecule has 1 unspecified atom stereocenters. The molecule has 6 aromatic carbocycles. The van der Waals surface area contributed by atoms with Gasteiger partial charge in [0, 0.05) is 61.6 Å². The largest absolute Gasteiger partial charge is 0.378 e. The van der Waals surface area contributed by atoms with Gasteiger partial charge in [-0.15, -0.1) is 24.8 Å². The maximum absolute atomic E-state index is 13.8. The Hall–Kier alpha value is -4.33. The lowest BCUT2D eigenvalue weighted by Gasteiger charge is -2.34. The molecule has 2 saturated heterocycles. The molecule has 6 aromatic rings. The number of piperazine rings is 1. The highest BCUT2D eigenvalue weighted by Gasteiger charge is 2.27. The minimum atomic E-state index is -0.0679. The number of ether oxygens (including phenoxy) is 1. The van der Waals surface area contributed by atoms with Gasteiger partial charge >= 0.3 is 0 Å². The zero-order valence-corrected chi connectivity index (χ0v) is 32.2. The van der Waals surface area contributed by atoms with Crippen molar-refractivity contribution in [3.8, 4) is 0 Å². The summed E-state index contributed by atoms with van der Waals surface area (Å²) in [6.45, 7) is 9.89. The number of rotatable bonds is 5. The normalized spacial score (nSPS) is 17.7. The van der Waals surface area contributed by atoms with E-state index in [2.05, 4.69) is 119 Å². The smallest absolute Gasteiger partial charge is 0.255 e. The van der Waals surface area contributed by atoms with Crippen molar-refractivity contribution < 1.29 is 9.53 Å². The maximum atomic E-state index is 13.8. The first-order valence-electron chi connectivity index (χ1n) is 18.7. The van der Waals surface area contributed by atoms with Crippen LogP contribution in [0.1, 0.15) is 45.0 Å². The number of aryl methyl sites for hydroxylation is 2. The summed E-state index contributed by atoms with van der Waals surface area (Å²) in [6.07, 6.45) is 3.02. The highest BCUT2D eigenvalue weighted by Crippen LogP contribution is 2.43. The molecule has 1 amide bonds. The van der Waals surface area contributed by atoms with Crippen molar-refractivity contribution in [1.29, 1.82) is 0 Å². The van der Waals surface area contributed by atoms with E-state index in [1.165, 1.54) is 49.5 Å². The Bertz CT molecular complexity index is 2280. The van der Waals surface area contributed by atoms with E-state index in [9.17, 15) is 4.79 Å². The van der Waals surface area contributed by atoms with Gasteiger partial charge in [0.25, 0.3) is 5.91 Å². The summed E-state index contributed by atoms with van der Waals surface area (Å²) in [4.78, 5) is 21.1. The molecule has 2 heterocycles. The van der Waals surface area contributed by atoms with Crippen molar-refractivity contribution in [3.63, 3.8) is 0 Å². The number of amides is 1. The minimum absolute atomic E-state index is 0. The standard InChI is InChI=1S/C45H46N4O2.2ClH/c1-30-27-35-29-37(48-21-19-47(2)20-22-48)14-18-38(35)42-17-11-33-28-34(10-15-39(33)43(30)42)41-16-9-31-5-3-4-6-40(31)44(41)46-45(50)32-7-12-36(13-8-32)49-23-25-51-26-24-49;;/h3-9,11-14,16-18,27,29,34H,10,15,19-26,28H2,1-2H3,(H,46,50);2*1H. The highest BCUT2D eigenvalue weighted by atomic mass is 35.5. The number of morpholine rings is 1. The van der Waals surface area contributed by atoms with E-state index in [1.54, 1.807) is 0 Å². The van der Waals surface area contributed by atoms with Gasteiger partial charge in [-0.25, -0.2) is 0 Å². The summed E-state index contributed by atoms with van der Waals surface area (Å²) in [5, 5.41) is 11.1. The zero-order chi connectivity index (χ0) is 34.5. The van der Waals surface area contributed by atoms with Crippen molar-refractivity contribution in [2.75, 3.05) is 74.6 Å². The van der Waals surface area contributed by atoms with Crippen LogP contribution in [0, 0.1) is 6.92 Å². The molecule has 0 aromatic heterocycles. The van der Waals surface area contributed by atoms with Crippen LogP contribution >= 0.6 is 24.8 Å². The number of fused-ring (bicyclic) bond motifs is 6. The Balaban J connectivity index is 0.00000218. The molecule has 0 spiro atoms. The Morgan fingerprint density at radius 3 is 2.23 bits per heavy atom. The van der Waals surface area contributed by atoms with Crippen LogP contribution in [-0.4, -0.2) is 70.3 Å². The van der Waals surface area contributed by atoms with Gasteiger partial charge in [-0.2, -0.15) is 0 Å². The van der Waals surface area contributed by atoms with Crippen LogP contribution in [0.25, 0.3) is 32.3 Å². The third-order valence-electron chi connectivity index (χ3n) is 11.7. The molecule has 9 rings (SSSR count). The lowest BCUT2D eigenvalue weighted by atomic mass is 9.76. The van der Waals surface area contributed by atoms with Gasteiger partial charge in [-0.3, -0.25) is 4.79 Å². The van der Waals surface area contributed by atoms with E-state index in [1.807, 2.05) is 12.1 Å². The van der Waals surface area contributed by atoms with E-state index < -0.39 is 0 Å². The number of nitrogens with one attached hydrogen (secondary N) is 1. The summed E-state index contributed by atoms with van der Waals surface area (Å²) < 4.78 is 5.52. The average Bonchev–Trinajstić information content (AvgIpc) is 3.18. The number of carbonyl (C=O) groups is 1. The van der Waals surface area contributed by atoms with Crippen molar-refractivity contribution in [2.24, 2.45) is 0 Å². The predicted molar refractivity (Wildman–Crippen MR) is 227 cm³/mol. The van der Waals surface area contributed by atoms with E-state index in [0.29, 0.717) is 11.5 Å². The second-order valence-electron chi connectivity index (χ2n) is 14.8. The van der Waals surface area contributed by atoms with Crippen LogP contribution in [-0.2, 0) is 17.6 Å². The van der Waals surface area contributed by atoms with Gasteiger partial charge in [0.05, 0.1) is 18.9 Å². The minimum Gasteiger partial charge on any atom is -0.378 e. The molecule has 2 aliphatic heterocycles. The molecule has 1 atom stereocenters. The summed E-state index contributed by atoms with van der Waals surface area (Å²) in [5.41, 5.74) is 9.60. The fraction of sp³-hybridized carbons (Fsp3) is 0.311. The van der Waals surface area contributed by atoms with Crippen LogP contribution in [0.15, 0.2) is 97.1 Å². The summed E-state index contributed by atoms with van der Waals surface area (Å²) >= 11 is 0. The van der Waals surface area contributed by atoms with Gasteiger partial charge in [-0.1, -0.05) is 60.7 Å². The van der Waals surface area contributed by atoms with E-state index in [-0.39, 0.29) is 30.7 Å². The molecule has 0 saturated carbocycles. The first-order chi connectivity index (χ1) is 25.0. The Labute approximate surface area is 324 Å². The molecular formula is C45H48Cl2N4O2. The fourth-order valence-corrected chi connectivity index (χ4v) is 8.87.